The van der Waals surface area contributed by atoms with Crippen molar-refractivity contribution in [3.63, 3.8) is 0 Å². The largest absolute Gasteiger partial charge is 0.490 e. The zero-order chi connectivity index (χ0) is 15.6. The molecule has 0 bridgehead atoms. The van der Waals surface area contributed by atoms with Crippen molar-refractivity contribution < 1.29 is 4.74 Å². The quantitative estimate of drug-likeness (QED) is 0.807. The highest BCUT2D eigenvalue weighted by Gasteiger charge is 2.22. The molecule has 5 heteroatoms. The fourth-order valence-electron chi connectivity index (χ4n) is 3.02. The van der Waals surface area contributed by atoms with Crippen LogP contribution in [0.5, 0.6) is 5.75 Å². The standard InChI is InChI=1S/C18H14N4O/c19-11-17-18(21-22-20-17)14-6-3-7-15(10-14)23-16-8-12-4-1-2-5-13(12)9-16/h1-7,10,16H,8-9H2,(H,20,21,22). The van der Waals surface area contributed by atoms with Gasteiger partial charge in [0.05, 0.1) is 0 Å². The zero-order valence-corrected chi connectivity index (χ0v) is 12.4. The van der Waals surface area contributed by atoms with Crippen molar-refractivity contribution in [3.8, 4) is 23.1 Å². The SMILES string of the molecule is N#Cc1n[nH]nc1-c1cccc(OC2Cc3ccccc3C2)c1. The van der Waals surface area contributed by atoms with Gasteiger partial charge in [0, 0.05) is 18.4 Å². The van der Waals surface area contributed by atoms with Crippen LogP contribution < -0.4 is 4.74 Å². The Morgan fingerprint density at radius 1 is 1.04 bits per heavy atom. The Hall–Kier alpha value is -3.13. The molecule has 1 aliphatic carbocycles. The number of nitriles is 1. The molecule has 0 radical (unpaired) electrons. The molecule has 2 aromatic carbocycles. The van der Waals surface area contributed by atoms with Crippen LogP contribution in [0.25, 0.3) is 11.3 Å². The zero-order valence-electron chi connectivity index (χ0n) is 12.4. The molecule has 0 atom stereocenters. The summed E-state index contributed by atoms with van der Waals surface area (Å²) in [7, 11) is 0. The molecule has 5 nitrogen and oxygen atoms in total. The van der Waals surface area contributed by atoms with E-state index in [-0.39, 0.29) is 11.8 Å². The summed E-state index contributed by atoms with van der Waals surface area (Å²) in [4.78, 5) is 0. The van der Waals surface area contributed by atoms with E-state index >= 15 is 0 Å². The van der Waals surface area contributed by atoms with Crippen molar-refractivity contribution in [2.24, 2.45) is 0 Å². The maximum absolute atomic E-state index is 9.06. The molecular formula is C18H14N4O. The number of nitrogens with zero attached hydrogens (tertiary/aromatic N) is 3. The van der Waals surface area contributed by atoms with Crippen molar-refractivity contribution >= 4 is 0 Å². The Morgan fingerprint density at radius 2 is 1.83 bits per heavy atom. The maximum atomic E-state index is 9.06. The predicted octanol–water partition coefficient (Wildman–Crippen LogP) is 2.89. The molecule has 112 valence electrons. The summed E-state index contributed by atoms with van der Waals surface area (Å²) in [5.74, 6) is 0.784. The minimum atomic E-state index is 0.149. The van der Waals surface area contributed by atoms with E-state index in [0.29, 0.717) is 5.69 Å². The van der Waals surface area contributed by atoms with Crippen molar-refractivity contribution in [1.82, 2.24) is 15.4 Å². The third-order valence-electron chi connectivity index (χ3n) is 4.08. The van der Waals surface area contributed by atoms with Gasteiger partial charge in [-0.1, -0.05) is 36.4 Å². The van der Waals surface area contributed by atoms with Gasteiger partial charge in [-0.3, -0.25) is 0 Å². The van der Waals surface area contributed by atoms with Crippen LogP contribution >= 0.6 is 0 Å². The number of benzene rings is 2. The first-order chi connectivity index (χ1) is 11.3. The van der Waals surface area contributed by atoms with Crippen LogP contribution in [0.2, 0.25) is 0 Å². The van der Waals surface area contributed by atoms with Crippen LogP contribution in [0.1, 0.15) is 16.8 Å². The molecule has 0 unspecified atom stereocenters. The van der Waals surface area contributed by atoms with Crippen molar-refractivity contribution in [1.29, 1.82) is 5.26 Å². The lowest BCUT2D eigenvalue weighted by Crippen LogP contribution is -2.16. The van der Waals surface area contributed by atoms with Crippen LogP contribution in [0.4, 0.5) is 0 Å². The van der Waals surface area contributed by atoms with Crippen LogP contribution in [0, 0.1) is 11.3 Å². The van der Waals surface area contributed by atoms with E-state index in [1.54, 1.807) is 0 Å². The summed E-state index contributed by atoms with van der Waals surface area (Å²) in [6.07, 6.45) is 2.00. The number of aromatic amines is 1. The van der Waals surface area contributed by atoms with Gasteiger partial charge in [0.1, 0.15) is 23.6 Å². The first-order valence-corrected chi connectivity index (χ1v) is 7.48. The van der Waals surface area contributed by atoms with Crippen LogP contribution in [-0.2, 0) is 12.8 Å². The van der Waals surface area contributed by atoms with Crippen molar-refractivity contribution in [2.75, 3.05) is 0 Å². The number of fused-ring (bicyclic) bond motifs is 1. The summed E-state index contributed by atoms with van der Waals surface area (Å²) in [6.45, 7) is 0. The highest BCUT2D eigenvalue weighted by atomic mass is 16.5. The summed E-state index contributed by atoms with van der Waals surface area (Å²) in [6, 6.07) is 18.1. The van der Waals surface area contributed by atoms with Gasteiger partial charge in [0.25, 0.3) is 0 Å². The Morgan fingerprint density at radius 3 is 2.57 bits per heavy atom. The van der Waals surface area contributed by atoms with Gasteiger partial charge in [-0.05, 0) is 23.3 Å². The highest BCUT2D eigenvalue weighted by molar-refractivity contribution is 5.65. The lowest BCUT2D eigenvalue weighted by atomic mass is 10.1. The Bertz CT molecular complexity index is 869. The van der Waals surface area contributed by atoms with Gasteiger partial charge in [0.2, 0.25) is 0 Å². The number of nitrogens with one attached hydrogen (secondary N) is 1. The first kappa shape index (κ1) is 13.5. The molecule has 0 aliphatic heterocycles. The number of hydrogen-bond donors (Lipinski definition) is 1. The van der Waals surface area contributed by atoms with E-state index in [2.05, 4.69) is 39.7 Å². The predicted molar refractivity (Wildman–Crippen MR) is 84.8 cm³/mol. The number of hydrogen-bond acceptors (Lipinski definition) is 4. The van der Waals surface area contributed by atoms with Gasteiger partial charge < -0.3 is 4.74 Å². The third kappa shape index (κ3) is 2.55. The molecule has 0 saturated heterocycles. The van der Waals surface area contributed by atoms with E-state index in [1.165, 1.54) is 11.1 Å². The van der Waals surface area contributed by atoms with Gasteiger partial charge in [-0.25, -0.2) is 0 Å². The number of rotatable bonds is 3. The molecule has 0 spiro atoms. The fourth-order valence-corrected chi connectivity index (χ4v) is 3.02. The molecular weight excluding hydrogens is 288 g/mol. The normalized spacial score (nSPS) is 13.5. The minimum absolute atomic E-state index is 0.149. The van der Waals surface area contributed by atoms with E-state index < -0.39 is 0 Å². The van der Waals surface area contributed by atoms with E-state index in [0.717, 1.165) is 24.2 Å². The van der Waals surface area contributed by atoms with E-state index in [9.17, 15) is 0 Å². The van der Waals surface area contributed by atoms with E-state index in [1.807, 2.05) is 30.3 Å². The molecule has 1 N–H and O–H groups in total. The second-order valence-corrected chi connectivity index (χ2v) is 5.58. The molecule has 3 aromatic rings. The fraction of sp³-hybridized carbons (Fsp3) is 0.167. The molecule has 1 heterocycles. The lowest BCUT2D eigenvalue weighted by molar-refractivity contribution is 0.214. The van der Waals surface area contributed by atoms with Gasteiger partial charge >= 0.3 is 0 Å². The van der Waals surface area contributed by atoms with Crippen molar-refractivity contribution in [3.05, 3.63) is 65.4 Å². The van der Waals surface area contributed by atoms with Gasteiger partial charge in [0.15, 0.2) is 5.69 Å². The molecule has 0 fully saturated rings. The average molecular weight is 302 g/mol. The van der Waals surface area contributed by atoms with Gasteiger partial charge in [-0.15, -0.1) is 5.10 Å². The number of ether oxygens (including phenoxy) is 1. The molecule has 4 rings (SSSR count). The topological polar surface area (TPSA) is 74.6 Å². The number of aromatic nitrogens is 3. The first-order valence-electron chi connectivity index (χ1n) is 7.48. The van der Waals surface area contributed by atoms with E-state index in [4.69, 9.17) is 10.00 Å². The molecule has 23 heavy (non-hydrogen) atoms. The second kappa shape index (κ2) is 5.58. The Labute approximate surface area is 133 Å². The lowest BCUT2D eigenvalue weighted by Gasteiger charge is -2.13. The molecule has 0 saturated carbocycles. The van der Waals surface area contributed by atoms with Crippen LogP contribution in [-0.4, -0.2) is 21.5 Å². The maximum Gasteiger partial charge on any atom is 0.190 e. The van der Waals surface area contributed by atoms with Crippen LogP contribution in [0.15, 0.2) is 48.5 Å². The Kier molecular flexibility index (Phi) is 3.28. The highest BCUT2D eigenvalue weighted by Crippen LogP contribution is 2.28. The molecule has 1 aromatic heterocycles. The van der Waals surface area contributed by atoms with Crippen LogP contribution in [0.3, 0.4) is 0 Å². The second-order valence-electron chi connectivity index (χ2n) is 5.58. The average Bonchev–Trinajstić information content (AvgIpc) is 3.20. The minimum Gasteiger partial charge on any atom is -0.490 e. The molecule has 1 aliphatic rings. The number of H-pyrrole nitrogens is 1. The monoisotopic (exact) mass is 302 g/mol. The van der Waals surface area contributed by atoms with Gasteiger partial charge in [-0.2, -0.15) is 15.6 Å². The summed E-state index contributed by atoms with van der Waals surface area (Å²) < 4.78 is 6.13. The summed E-state index contributed by atoms with van der Waals surface area (Å²) >= 11 is 0. The molecule has 0 amide bonds. The summed E-state index contributed by atoms with van der Waals surface area (Å²) in [5, 5.41) is 19.4. The Balaban J connectivity index is 1.56. The third-order valence-corrected chi connectivity index (χ3v) is 4.08. The summed E-state index contributed by atoms with van der Waals surface area (Å²) in [5.41, 5.74) is 4.38. The van der Waals surface area contributed by atoms with Crippen molar-refractivity contribution in [2.45, 2.75) is 18.9 Å². The smallest absolute Gasteiger partial charge is 0.190 e.